The summed E-state index contributed by atoms with van der Waals surface area (Å²) in [5.74, 6) is 0. The van der Waals surface area contributed by atoms with E-state index in [0.29, 0.717) is 0 Å². The number of hydrogen-bond acceptors (Lipinski definition) is 2. The highest BCUT2D eigenvalue weighted by Crippen LogP contribution is 2.39. The Labute approximate surface area is 120 Å². The van der Waals surface area contributed by atoms with Crippen molar-refractivity contribution in [1.82, 2.24) is 0 Å². The van der Waals surface area contributed by atoms with E-state index in [9.17, 15) is 23.1 Å². The molecule has 0 radical (unpaired) electrons. The molecule has 0 heterocycles. The molecule has 0 saturated carbocycles. The molecule has 104 valence electrons. The highest BCUT2D eigenvalue weighted by molar-refractivity contribution is 9.10. The summed E-state index contributed by atoms with van der Waals surface area (Å²) in [6.07, 6.45) is -2.79. The van der Waals surface area contributed by atoms with E-state index < -0.39 is 14.0 Å². The fraction of sp³-hybridized carbons (Fsp3) is 0.0833. The number of nitrogens with zero attached hydrogens (tertiary/aromatic N) is 1. The van der Waals surface area contributed by atoms with Gasteiger partial charge in [0.25, 0.3) is 6.43 Å². The van der Waals surface area contributed by atoms with Gasteiger partial charge in [0.15, 0.2) is 0 Å². The number of halogens is 3. The lowest BCUT2D eigenvalue weighted by molar-refractivity contribution is 0.153. The number of alkyl halides is 2. The van der Waals surface area contributed by atoms with Crippen molar-refractivity contribution >= 4 is 39.6 Å². The van der Waals surface area contributed by atoms with Crippen molar-refractivity contribution in [2.75, 3.05) is 0 Å². The largest absolute Gasteiger partial charge is 0.357 e. The van der Waals surface area contributed by atoms with Crippen LogP contribution in [0.15, 0.2) is 28.7 Å². The van der Waals surface area contributed by atoms with Gasteiger partial charge in [-0.25, -0.2) is 8.78 Å². The van der Waals surface area contributed by atoms with Gasteiger partial charge in [-0.3, -0.25) is 4.57 Å². The van der Waals surface area contributed by atoms with Crippen LogP contribution in [0.5, 0.6) is 0 Å². The molecule has 4 nitrogen and oxygen atoms in total. The van der Waals surface area contributed by atoms with Crippen LogP contribution < -0.4 is 5.30 Å². The van der Waals surface area contributed by atoms with E-state index in [1.807, 2.05) is 0 Å². The van der Waals surface area contributed by atoms with Crippen LogP contribution in [0.2, 0.25) is 0 Å². The number of fused-ring (bicyclic) bond motifs is 1. The van der Waals surface area contributed by atoms with Crippen LogP contribution in [0.1, 0.15) is 17.6 Å². The van der Waals surface area contributed by atoms with Crippen molar-refractivity contribution in [2.45, 2.75) is 6.43 Å². The quantitative estimate of drug-likeness (QED) is 0.804. The smallest absolute Gasteiger partial charge is 0.321 e. The van der Waals surface area contributed by atoms with Crippen LogP contribution in [0.3, 0.4) is 0 Å². The van der Waals surface area contributed by atoms with Crippen molar-refractivity contribution in [2.24, 2.45) is 0 Å². The predicted molar refractivity (Wildman–Crippen MR) is 73.0 cm³/mol. The van der Waals surface area contributed by atoms with Gasteiger partial charge in [-0.1, -0.05) is 0 Å². The summed E-state index contributed by atoms with van der Waals surface area (Å²) in [6, 6.07) is 6.47. The molecular weight excluding hydrogens is 355 g/mol. The number of benzene rings is 2. The van der Waals surface area contributed by atoms with E-state index in [-0.39, 0.29) is 31.7 Å². The number of hydrogen-bond donors (Lipinski definition) is 2. The summed E-state index contributed by atoms with van der Waals surface area (Å²) in [4.78, 5) is 18.4. The molecular formula is C12H7BrF2NO3P. The molecule has 2 aromatic rings. The summed E-state index contributed by atoms with van der Waals surface area (Å²) < 4.78 is 37.4. The highest BCUT2D eigenvalue weighted by Gasteiger charge is 2.23. The van der Waals surface area contributed by atoms with Gasteiger partial charge >= 0.3 is 7.60 Å². The second-order valence-electron chi connectivity index (χ2n) is 4.05. The van der Waals surface area contributed by atoms with Crippen molar-refractivity contribution in [3.8, 4) is 6.07 Å². The lowest BCUT2D eigenvalue weighted by atomic mass is 10.0. The summed E-state index contributed by atoms with van der Waals surface area (Å²) in [5.41, 5.74) is -0.344. The molecule has 20 heavy (non-hydrogen) atoms. The Balaban J connectivity index is 2.89. The maximum atomic E-state index is 13.0. The molecule has 0 aliphatic rings. The Hall–Kier alpha value is -1.32. The number of rotatable bonds is 2. The van der Waals surface area contributed by atoms with Crippen molar-refractivity contribution < 1.29 is 23.1 Å². The number of nitriles is 1. The van der Waals surface area contributed by atoms with Crippen molar-refractivity contribution in [3.63, 3.8) is 0 Å². The van der Waals surface area contributed by atoms with Crippen LogP contribution >= 0.6 is 23.5 Å². The minimum absolute atomic E-state index is 0.00628. The van der Waals surface area contributed by atoms with Gasteiger partial charge in [0.1, 0.15) is 0 Å². The van der Waals surface area contributed by atoms with Crippen LogP contribution in [-0.4, -0.2) is 9.79 Å². The van der Waals surface area contributed by atoms with Gasteiger partial charge in [0, 0.05) is 10.0 Å². The first-order valence-electron chi connectivity index (χ1n) is 5.25. The fourth-order valence-corrected chi connectivity index (χ4v) is 3.56. The first-order chi connectivity index (χ1) is 9.24. The maximum absolute atomic E-state index is 13.0. The van der Waals surface area contributed by atoms with Crippen LogP contribution in [0.25, 0.3) is 10.8 Å². The zero-order chi connectivity index (χ0) is 15.1. The second kappa shape index (κ2) is 5.23. The SMILES string of the molecule is N#Cc1cc(C(F)F)c2cc(Br)c(P(=O)(O)O)cc2c1. The van der Waals surface area contributed by atoms with Crippen LogP contribution in [0, 0.1) is 11.3 Å². The molecule has 0 unspecified atom stereocenters. The summed E-state index contributed by atoms with van der Waals surface area (Å²) in [6.45, 7) is 0. The topological polar surface area (TPSA) is 81.3 Å². The molecule has 0 aromatic heterocycles. The first-order valence-corrected chi connectivity index (χ1v) is 7.66. The Kier molecular flexibility index (Phi) is 3.94. The molecule has 0 spiro atoms. The van der Waals surface area contributed by atoms with Gasteiger partial charge in [-0.15, -0.1) is 0 Å². The van der Waals surface area contributed by atoms with E-state index in [1.165, 1.54) is 12.1 Å². The summed E-state index contributed by atoms with van der Waals surface area (Å²) >= 11 is 2.97. The molecule has 0 amide bonds. The molecule has 8 heteroatoms. The van der Waals surface area contributed by atoms with Gasteiger partial charge in [0.05, 0.1) is 16.9 Å². The highest BCUT2D eigenvalue weighted by atomic mass is 79.9. The van der Waals surface area contributed by atoms with Crippen LogP contribution in [-0.2, 0) is 4.57 Å². The zero-order valence-corrected chi connectivity index (χ0v) is 12.2. The normalized spacial score (nSPS) is 11.8. The molecule has 2 aromatic carbocycles. The van der Waals surface area contributed by atoms with Crippen LogP contribution in [0.4, 0.5) is 8.78 Å². The third-order valence-corrected chi connectivity index (χ3v) is 4.69. The second-order valence-corrected chi connectivity index (χ2v) is 6.47. The lowest BCUT2D eigenvalue weighted by Crippen LogP contribution is -2.06. The Morgan fingerprint density at radius 2 is 1.90 bits per heavy atom. The molecule has 2 rings (SSSR count). The van der Waals surface area contributed by atoms with Crippen molar-refractivity contribution in [1.29, 1.82) is 5.26 Å². The molecule has 0 aliphatic carbocycles. The van der Waals surface area contributed by atoms with E-state index in [0.717, 1.165) is 12.1 Å². The molecule has 0 bridgehead atoms. The van der Waals surface area contributed by atoms with Gasteiger partial charge < -0.3 is 9.79 Å². The molecule has 0 atom stereocenters. The molecule has 0 fully saturated rings. The van der Waals surface area contributed by atoms with Gasteiger partial charge in [-0.05, 0) is 51.0 Å². The Morgan fingerprint density at radius 1 is 1.25 bits per heavy atom. The zero-order valence-electron chi connectivity index (χ0n) is 9.72. The Bertz CT molecular complexity index is 782. The lowest BCUT2D eigenvalue weighted by Gasteiger charge is -2.12. The fourth-order valence-electron chi connectivity index (χ4n) is 1.87. The third-order valence-electron chi connectivity index (χ3n) is 2.73. The maximum Gasteiger partial charge on any atom is 0.357 e. The summed E-state index contributed by atoms with van der Waals surface area (Å²) in [7, 11) is -4.54. The standard InChI is InChI=1S/C12H7BrF2NO3P/c13-10-4-8-7(3-11(10)20(17,18)19)1-6(5-16)2-9(8)12(14)15/h1-4,12H,(H2,17,18,19). The average molecular weight is 362 g/mol. The predicted octanol–water partition coefficient (Wildman–Crippen LogP) is 3.21. The van der Waals surface area contributed by atoms with E-state index >= 15 is 0 Å². The minimum Gasteiger partial charge on any atom is -0.321 e. The van der Waals surface area contributed by atoms with E-state index in [2.05, 4.69) is 15.9 Å². The first kappa shape index (κ1) is 15.1. The third kappa shape index (κ3) is 2.74. The van der Waals surface area contributed by atoms with Gasteiger partial charge in [0.2, 0.25) is 0 Å². The molecule has 0 aliphatic heterocycles. The van der Waals surface area contributed by atoms with Gasteiger partial charge in [-0.2, -0.15) is 5.26 Å². The van der Waals surface area contributed by atoms with E-state index in [4.69, 9.17) is 5.26 Å². The average Bonchev–Trinajstić information content (AvgIpc) is 2.35. The molecule has 0 saturated heterocycles. The Morgan fingerprint density at radius 3 is 2.40 bits per heavy atom. The minimum atomic E-state index is -4.54. The monoisotopic (exact) mass is 361 g/mol. The van der Waals surface area contributed by atoms with Crippen molar-refractivity contribution in [3.05, 3.63) is 39.9 Å². The molecule has 2 N–H and O–H groups in total. The van der Waals surface area contributed by atoms with E-state index in [1.54, 1.807) is 6.07 Å². The summed E-state index contributed by atoms with van der Waals surface area (Å²) in [5, 5.41) is 8.85.